The number of hydrogen-bond acceptors (Lipinski definition) is 3. The van der Waals surface area contributed by atoms with E-state index in [2.05, 4.69) is 11.4 Å². The van der Waals surface area contributed by atoms with Gasteiger partial charge < -0.3 is 14.6 Å². The Labute approximate surface area is 146 Å². The highest BCUT2D eigenvalue weighted by Crippen LogP contribution is 2.14. The Kier molecular flexibility index (Phi) is 5.13. The van der Waals surface area contributed by atoms with Crippen LogP contribution in [-0.4, -0.2) is 10.9 Å². The number of nitrogens with one attached hydrogen (secondary N) is 1. The van der Waals surface area contributed by atoms with E-state index in [9.17, 15) is 4.79 Å². The largest absolute Gasteiger partial charge is 0.467 e. The maximum Gasteiger partial charge on any atom is 0.322 e. The van der Waals surface area contributed by atoms with Crippen LogP contribution in [0.2, 0.25) is 0 Å². The monoisotopic (exact) mass is 331 g/mol. The zero-order valence-electron chi connectivity index (χ0n) is 13.6. The van der Waals surface area contributed by atoms with Crippen molar-refractivity contribution in [1.82, 2.24) is 4.90 Å². The van der Waals surface area contributed by atoms with Gasteiger partial charge in [0.2, 0.25) is 0 Å². The lowest BCUT2D eigenvalue weighted by atomic mass is 10.2. The summed E-state index contributed by atoms with van der Waals surface area (Å²) in [6.45, 7) is 0.827. The number of furan rings is 1. The fraction of sp³-hybridized carbons (Fsp3) is 0.100. The summed E-state index contributed by atoms with van der Waals surface area (Å²) in [6.07, 6.45) is 1.59. The van der Waals surface area contributed by atoms with Gasteiger partial charge in [0.05, 0.1) is 24.4 Å². The number of rotatable bonds is 5. The summed E-state index contributed by atoms with van der Waals surface area (Å²) < 4.78 is 5.37. The quantitative estimate of drug-likeness (QED) is 0.754. The molecule has 0 unspecified atom stereocenters. The third-order valence-corrected chi connectivity index (χ3v) is 3.70. The van der Waals surface area contributed by atoms with Gasteiger partial charge in [-0.3, -0.25) is 0 Å². The smallest absolute Gasteiger partial charge is 0.322 e. The van der Waals surface area contributed by atoms with Crippen LogP contribution in [0.3, 0.4) is 0 Å². The Bertz CT molecular complexity index is 850. The average molecular weight is 331 g/mol. The molecule has 0 bridgehead atoms. The highest BCUT2D eigenvalue weighted by atomic mass is 16.3. The molecule has 0 aliphatic rings. The minimum absolute atomic E-state index is 0.232. The molecule has 1 heterocycles. The lowest BCUT2D eigenvalue weighted by molar-refractivity contribution is 0.201. The minimum atomic E-state index is -0.232. The maximum atomic E-state index is 12.7. The van der Waals surface area contributed by atoms with Crippen LogP contribution in [0.25, 0.3) is 0 Å². The van der Waals surface area contributed by atoms with E-state index in [1.165, 1.54) is 0 Å². The van der Waals surface area contributed by atoms with Crippen LogP contribution in [0.15, 0.2) is 77.4 Å². The number of benzene rings is 2. The van der Waals surface area contributed by atoms with Crippen LogP contribution in [0.5, 0.6) is 0 Å². The molecule has 25 heavy (non-hydrogen) atoms. The first-order chi connectivity index (χ1) is 12.2. The zero-order chi connectivity index (χ0) is 17.5. The maximum absolute atomic E-state index is 12.7. The van der Waals surface area contributed by atoms with E-state index in [1.54, 1.807) is 41.5 Å². The van der Waals surface area contributed by atoms with Crippen molar-refractivity contribution in [3.8, 4) is 6.07 Å². The lowest BCUT2D eigenvalue weighted by Gasteiger charge is -2.22. The second kappa shape index (κ2) is 7.84. The molecule has 2 amide bonds. The van der Waals surface area contributed by atoms with E-state index in [1.807, 2.05) is 36.4 Å². The van der Waals surface area contributed by atoms with Crippen LogP contribution >= 0.6 is 0 Å². The number of nitriles is 1. The Hall–Kier alpha value is -3.52. The highest BCUT2D eigenvalue weighted by molar-refractivity contribution is 5.89. The molecule has 0 radical (unpaired) electrons. The first kappa shape index (κ1) is 16.3. The number of nitrogens with zero attached hydrogens (tertiary/aromatic N) is 2. The van der Waals surface area contributed by atoms with Gasteiger partial charge in [-0.15, -0.1) is 0 Å². The van der Waals surface area contributed by atoms with Gasteiger partial charge in [0.15, 0.2) is 0 Å². The Morgan fingerprint density at radius 3 is 2.40 bits per heavy atom. The molecule has 124 valence electrons. The summed E-state index contributed by atoms with van der Waals surface area (Å²) >= 11 is 0. The van der Waals surface area contributed by atoms with Gasteiger partial charge in [0.1, 0.15) is 5.76 Å². The van der Waals surface area contributed by atoms with E-state index < -0.39 is 0 Å². The molecule has 0 fully saturated rings. The lowest BCUT2D eigenvalue weighted by Crippen LogP contribution is -2.33. The molecule has 1 aromatic heterocycles. The van der Waals surface area contributed by atoms with Crippen molar-refractivity contribution >= 4 is 11.7 Å². The number of carbonyl (C=O) groups is 1. The van der Waals surface area contributed by atoms with Gasteiger partial charge in [-0.2, -0.15) is 5.26 Å². The van der Waals surface area contributed by atoms with Crippen molar-refractivity contribution in [2.45, 2.75) is 13.1 Å². The normalized spacial score (nSPS) is 10.0. The molecule has 3 rings (SSSR count). The standard InChI is InChI=1S/C20H17N3O2/c21-13-16-8-10-18(11-9-16)22-20(24)23(15-19-7-4-12-25-19)14-17-5-2-1-3-6-17/h1-12H,14-15H2,(H,22,24). The predicted molar refractivity (Wildman–Crippen MR) is 94.6 cm³/mol. The van der Waals surface area contributed by atoms with Gasteiger partial charge >= 0.3 is 6.03 Å². The molecule has 0 spiro atoms. The number of urea groups is 1. The van der Waals surface area contributed by atoms with Gasteiger partial charge in [0.25, 0.3) is 0 Å². The molecule has 0 aliphatic carbocycles. The summed E-state index contributed by atoms with van der Waals surface area (Å²) in [6, 6.07) is 22.0. The van der Waals surface area contributed by atoms with Crippen LogP contribution in [0.1, 0.15) is 16.9 Å². The van der Waals surface area contributed by atoms with E-state index in [4.69, 9.17) is 9.68 Å². The fourth-order valence-electron chi connectivity index (χ4n) is 2.42. The first-order valence-electron chi connectivity index (χ1n) is 7.87. The summed E-state index contributed by atoms with van der Waals surface area (Å²) in [4.78, 5) is 14.4. The van der Waals surface area contributed by atoms with Crippen molar-refractivity contribution in [3.63, 3.8) is 0 Å². The third kappa shape index (κ3) is 4.49. The molecular weight excluding hydrogens is 314 g/mol. The number of carbonyl (C=O) groups excluding carboxylic acids is 1. The topological polar surface area (TPSA) is 69.3 Å². The van der Waals surface area contributed by atoms with Crippen molar-refractivity contribution in [2.75, 3.05) is 5.32 Å². The molecule has 3 aromatic rings. The molecular formula is C20H17N3O2. The first-order valence-corrected chi connectivity index (χ1v) is 7.87. The van der Waals surface area contributed by atoms with Gasteiger partial charge in [0, 0.05) is 12.2 Å². The van der Waals surface area contributed by atoms with Crippen LogP contribution in [0, 0.1) is 11.3 Å². The summed E-state index contributed by atoms with van der Waals surface area (Å²) in [5.74, 6) is 0.714. The highest BCUT2D eigenvalue weighted by Gasteiger charge is 2.16. The van der Waals surface area contributed by atoms with E-state index >= 15 is 0 Å². The van der Waals surface area contributed by atoms with E-state index in [0.29, 0.717) is 30.1 Å². The Morgan fingerprint density at radius 2 is 1.76 bits per heavy atom. The summed E-state index contributed by atoms with van der Waals surface area (Å²) in [5, 5.41) is 11.7. The van der Waals surface area contributed by atoms with E-state index in [0.717, 1.165) is 5.56 Å². The molecule has 5 heteroatoms. The van der Waals surface area contributed by atoms with Gasteiger partial charge in [-0.05, 0) is 42.0 Å². The fourth-order valence-corrected chi connectivity index (χ4v) is 2.42. The molecule has 1 N–H and O–H groups in total. The van der Waals surface area contributed by atoms with Gasteiger partial charge in [-0.25, -0.2) is 4.79 Å². The second-order valence-electron chi connectivity index (χ2n) is 5.54. The van der Waals surface area contributed by atoms with Crippen molar-refractivity contribution in [2.24, 2.45) is 0 Å². The number of amides is 2. The third-order valence-electron chi connectivity index (χ3n) is 3.70. The second-order valence-corrected chi connectivity index (χ2v) is 5.54. The molecule has 0 saturated carbocycles. The van der Waals surface area contributed by atoms with Gasteiger partial charge in [-0.1, -0.05) is 30.3 Å². The van der Waals surface area contributed by atoms with E-state index in [-0.39, 0.29) is 6.03 Å². The van der Waals surface area contributed by atoms with Crippen molar-refractivity contribution in [3.05, 3.63) is 89.9 Å². The number of hydrogen-bond donors (Lipinski definition) is 1. The number of anilines is 1. The molecule has 0 atom stereocenters. The zero-order valence-corrected chi connectivity index (χ0v) is 13.6. The SMILES string of the molecule is N#Cc1ccc(NC(=O)N(Cc2ccccc2)Cc2ccco2)cc1. The summed E-state index contributed by atoms with van der Waals surface area (Å²) in [7, 11) is 0. The molecule has 2 aromatic carbocycles. The van der Waals surface area contributed by atoms with Crippen LogP contribution in [0.4, 0.5) is 10.5 Å². The van der Waals surface area contributed by atoms with Crippen LogP contribution in [-0.2, 0) is 13.1 Å². The Balaban J connectivity index is 1.74. The molecule has 0 aliphatic heterocycles. The van der Waals surface area contributed by atoms with Crippen molar-refractivity contribution < 1.29 is 9.21 Å². The minimum Gasteiger partial charge on any atom is -0.467 e. The van der Waals surface area contributed by atoms with Crippen LogP contribution < -0.4 is 5.32 Å². The Morgan fingerprint density at radius 1 is 1.00 bits per heavy atom. The molecule has 5 nitrogen and oxygen atoms in total. The van der Waals surface area contributed by atoms with Crippen molar-refractivity contribution in [1.29, 1.82) is 5.26 Å². The predicted octanol–water partition coefficient (Wildman–Crippen LogP) is 4.39. The summed E-state index contributed by atoms with van der Waals surface area (Å²) in [5.41, 5.74) is 2.22. The average Bonchev–Trinajstić information content (AvgIpc) is 3.16. The molecule has 0 saturated heterocycles.